The summed E-state index contributed by atoms with van der Waals surface area (Å²) < 4.78 is 2.59. The van der Waals surface area contributed by atoms with Crippen LogP contribution in [0.15, 0.2) is 200 Å². The number of hydrogen-bond donors (Lipinski definition) is 0. The normalized spacial score (nSPS) is 15.4. The average Bonchev–Trinajstić information content (AvgIpc) is 3.98. The molecule has 1 aromatic heterocycles. The van der Waals surface area contributed by atoms with E-state index in [9.17, 15) is 0 Å². The van der Waals surface area contributed by atoms with Crippen LogP contribution in [0.5, 0.6) is 0 Å². The first kappa shape index (κ1) is 36.6. The van der Waals surface area contributed by atoms with Gasteiger partial charge in [0.05, 0.1) is 5.41 Å². The lowest BCUT2D eigenvalue weighted by molar-refractivity contribution is 0.660. The topological polar surface area (TPSA) is 3.24 Å². The van der Waals surface area contributed by atoms with Crippen molar-refractivity contribution >= 4 is 48.6 Å². The van der Waals surface area contributed by atoms with Crippen molar-refractivity contribution < 1.29 is 0 Å². The van der Waals surface area contributed by atoms with Crippen LogP contribution in [0.3, 0.4) is 0 Å². The Morgan fingerprint density at radius 1 is 0.317 bits per heavy atom. The van der Waals surface area contributed by atoms with Crippen LogP contribution in [0.4, 0.5) is 17.1 Å². The molecule has 0 N–H and O–H groups in total. The Morgan fingerprint density at radius 3 is 1.25 bits per heavy atom. The van der Waals surface area contributed by atoms with Crippen molar-refractivity contribution in [3.05, 3.63) is 245 Å². The zero-order valence-corrected chi connectivity index (χ0v) is 36.7. The lowest BCUT2D eigenvalue weighted by Crippen LogP contribution is -2.28. The summed E-state index contributed by atoms with van der Waals surface area (Å²) in [5.74, 6) is 0. The molecule has 0 bridgehead atoms. The van der Waals surface area contributed by atoms with Gasteiger partial charge in [-0.1, -0.05) is 185 Å². The predicted octanol–water partition coefficient (Wildman–Crippen LogP) is 16.5. The smallest absolute Gasteiger partial charge is 0.0714 e. The molecule has 0 fully saturated rings. The molecule has 0 amide bonds. The molecule has 0 radical (unpaired) electrons. The third-order valence-electron chi connectivity index (χ3n) is 15.0. The van der Waals surface area contributed by atoms with Crippen LogP contribution < -0.4 is 4.90 Å². The van der Waals surface area contributed by atoms with E-state index < -0.39 is 5.41 Å². The number of nitrogens with zero attached hydrogens (tertiary/aromatic N) is 1. The molecule has 2 heteroatoms. The lowest BCUT2D eigenvalue weighted by atomic mass is 9.67. The number of anilines is 3. The van der Waals surface area contributed by atoms with Crippen molar-refractivity contribution in [3.8, 4) is 33.4 Å². The standard InChI is InChI=1S/C61H45NS/c1-59(2)51-22-12-8-18-43(51)47-31-27-40(35-55(47)59)62(41-28-32-48-44-19-9-13-23-52(44)60(3,4)56(48)36-41)42-29-33-50-49-30-26-39(34-57(49)63-58(50)37-42)61(38-16-6-5-7-17-38)53-24-14-10-20-45(53)46-21-11-15-25-54(46)61/h5-37H,1-4H3. The largest absolute Gasteiger partial charge is 0.310 e. The highest BCUT2D eigenvalue weighted by Gasteiger charge is 2.46. The summed E-state index contributed by atoms with van der Waals surface area (Å²) in [6.07, 6.45) is 0. The highest BCUT2D eigenvalue weighted by molar-refractivity contribution is 7.25. The summed E-state index contributed by atoms with van der Waals surface area (Å²) in [5.41, 5.74) is 21.7. The van der Waals surface area contributed by atoms with Gasteiger partial charge in [-0.2, -0.15) is 0 Å². The van der Waals surface area contributed by atoms with E-state index in [0.717, 1.165) is 5.69 Å². The molecule has 0 saturated carbocycles. The van der Waals surface area contributed by atoms with Crippen LogP contribution in [-0.4, -0.2) is 0 Å². The summed E-state index contributed by atoms with van der Waals surface area (Å²) in [6.45, 7) is 9.51. The summed E-state index contributed by atoms with van der Waals surface area (Å²) in [5, 5.41) is 2.59. The van der Waals surface area contributed by atoms with Crippen molar-refractivity contribution in [2.75, 3.05) is 4.90 Å². The highest BCUT2D eigenvalue weighted by Crippen LogP contribution is 2.57. The summed E-state index contributed by atoms with van der Waals surface area (Å²) in [6, 6.07) is 75.8. The van der Waals surface area contributed by atoms with Crippen molar-refractivity contribution in [1.82, 2.24) is 0 Å². The molecule has 0 saturated heterocycles. The van der Waals surface area contributed by atoms with E-state index in [0.29, 0.717) is 0 Å². The summed E-state index contributed by atoms with van der Waals surface area (Å²) in [7, 11) is 0. The SMILES string of the molecule is CC1(C)c2ccccc2-c2ccc(N(c3ccc4c(c3)C(C)(C)c3ccccc3-4)c3ccc4c(c3)sc3cc(C5(c6ccccc6)c6ccccc6-c6ccccc65)ccc34)cc21. The average molecular weight is 824 g/mol. The van der Waals surface area contributed by atoms with Crippen LogP contribution in [0.2, 0.25) is 0 Å². The Balaban J connectivity index is 0.998. The van der Waals surface area contributed by atoms with E-state index >= 15 is 0 Å². The van der Waals surface area contributed by atoms with E-state index in [-0.39, 0.29) is 10.8 Å². The fraction of sp³-hybridized carbons (Fsp3) is 0.115. The summed E-state index contributed by atoms with van der Waals surface area (Å²) >= 11 is 1.91. The molecule has 0 spiro atoms. The Kier molecular flexibility index (Phi) is 7.57. The second-order valence-corrected chi connectivity index (χ2v) is 19.9. The number of hydrogen-bond acceptors (Lipinski definition) is 2. The number of fused-ring (bicyclic) bond motifs is 12. The molecule has 0 atom stereocenters. The van der Waals surface area contributed by atoms with Crippen LogP contribution in [0.25, 0.3) is 53.6 Å². The van der Waals surface area contributed by atoms with Crippen LogP contribution in [0, 0.1) is 0 Å². The minimum absolute atomic E-state index is 0.111. The van der Waals surface area contributed by atoms with E-state index in [1.165, 1.54) is 109 Å². The zero-order valence-electron chi connectivity index (χ0n) is 35.9. The van der Waals surface area contributed by atoms with Gasteiger partial charge >= 0.3 is 0 Å². The summed E-state index contributed by atoms with van der Waals surface area (Å²) in [4.78, 5) is 2.50. The van der Waals surface area contributed by atoms with Crippen molar-refractivity contribution in [3.63, 3.8) is 0 Å². The second-order valence-electron chi connectivity index (χ2n) is 18.8. The maximum atomic E-state index is 2.50. The maximum absolute atomic E-state index is 2.50. The number of thiophene rings is 1. The maximum Gasteiger partial charge on any atom is 0.0714 e. The number of rotatable bonds is 5. The fourth-order valence-electron chi connectivity index (χ4n) is 12.0. The molecule has 0 unspecified atom stereocenters. The van der Waals surface area contributed by atoms with Crippen LogP contribution in [-0.2, 0) is 16.2 Å². The third kappa shape index (κ3) is 4.93. The van der Waals surface area contributed by atoms with Gasteiger partial charge in [-0.25, -0.2) is 0 Å². The lowest BCUT2D eigenvalue weighted by Gasteiger charge is -2.33. The highest BCUT2D eigenvalue weighted by atomic mass is 32.1. The minimum atomic E-state index is -0.428. The molecular weight excluding hydrogens is 779 g/mol. The molecule has 1 nitrogen and oxygen atoms in total. The van der Waals surface area contributed by atoms with Gasteiger partial charge in [-0.05, 0) is 120 Å². The van der Waals surface area contributed by atoms with E-state index in [1.807, 2.05) is 11.3 Å². The first-order valence-electron chi connectivity index (χ1n) is 22.3. The van der Waals surface area contributed by atoms with E-state index in [2.05, 4.69) is 233 Å². The second kappa shape index (κ2) is 13.0. The third-order valence-corrected chi connectivity index (χ3v) is 16.1. The van der Waals surface area contributed by atoms with Gasteiger partial charge in [-0.3, -0.25) is 0 Å². The Bertz CT molecular complexity index is 3380. The molecule has 0 aliphatic heterocycles. The molecule has 63 heavy (non-hydrogen) atoms. The molecule has 300 valence electrons. The van der Waals surface area contributed by atoms with Crippen molar-refractivity contribution in [2.45, 2.75) is 43.9 Å². The van der Waals surface area contributed by atoms with Gasteiger partial charge in [0.25, 0.3) is 0 Å². The quantitative estimate of drug-likeness (QED) is 0.167. The van der Waals surface area contributed by atoms with E-state index in [1.54, 1.807) is 0 Å². The van der Waals surface area contributed by atoms with Crippen LogP contribution >= 0.6 is 11.3 Å². The predicted molar refractivity (Wildman–Crippen MR) is 266 cm³/mol. The van der Waals surface area contributed by atoms with Gasteiger partial charge in [0.1, 0.15) is 0 Å². The Labute approximate surface area is 373 Å². The molecular formula is C61H45NS. The minimum Gasteiger partial charge on any atom is -0.310 e. The van der Waals surface area contributed by atoms with Gasteiger partial charge in [0.15, 0.2) is 0 Å². The first-order chi connectivity index (χ1) is 30.7. The molecule has 10 aromatic rings. The van der Waals surface area contributed by atoms with Crippen molar-refractivity contribution in [1.29, 1.82) is 0 Å². The number of benzene rings is 9. The molecule has 1 heterocycles. The fourth-order valence-corrected chi connectivity index (χ4v) is 13.1. The van der Waals surface area contributed by atoms with Gasteiger partial charge < -0.3 is 4.90 Å². The van der Waals surface area contributed by atoms with Gasteiger partial charge in [-0.15, -0.1) is 11.3 Å². The molecule has 9 aromatic carbocycles. The molecule has 3 aliphatic carbocycles. The van der Waals surface area contributed by atoms with Crippen LogP contribution in [0.1, 0.15) is 72.2 Å². The molecule has 13 rings (SSSR count). The zero-order chi connectivity index (χ0) is 42.2. The van der Waals surface area contributed by atoms with E-state index in [4.69, 9.17) is 0 Å². The Morgan fingerprint density at radius 2 is 0.714 bits per heavy atom. The van der Waals surface area contributed by atoms with Gasteiger partial charge in [0, 0.05) is 48.1 Å². The monoisotopic (exact) mass is 823 g/mol. The Hall–Kier alpha value is -7.00. The first-order valence-corrected chi connectivity index (χ1v) is 23.1. The van der Waals surface area contributed by atoms with Crippen molar-refractivity contribution in [2.24, 2.45) is 0 Å². The molecule has 3 aliphatic rings. The van der Waals surface area contributed by atoms with Gasteiger partial charge in [0.2, 0.25) is 0 Å².